The van der Waals surface area contributed by atoms with Crippen molar-refractivity contribution in [3.63, 3.8) is 0 Å². The van der Waals surface area contributed by atoms with Crippen LogP contribution in [0, 0.1) is 0 Å². The maximum atomic E-state index is 5.51. The third-order valence-corrected chi connectivity index (χ3v) is 2.31. The SMILES string of the molecule is C=C1OC2CC2N1C(C)(C)C. The maximum absolute atomic E-state index is 5.51. The normalized spacial score (nSPS) is 35.2. The lowest BCUT2D eigenvalue weighted by atomic mass is 10.1. The molecule has 1 aliphatic carbocycles. The van der Waals surface area contributed by atoms with Crippen molar-refractivity contribution in [2.45, 2.75) is 44.9 Å². The molecule has 1 aliphatic heterocycles. The summed E-state index contributed by atoms with van der Waals surface area (Å²) in [6.07, 6.45) is 1.65. The van der Waals surface area contributed by atoms with Gasteiger partial charge < -0.3 is 9.64 Å². The monoisotopic (exact) mass is 153 g/mol. The number of ether oxygens (including phenoxy) is 1. The minimum absolute atomic E-state index is 0.174. The molecule has 62 valence electrons. The van der Waals surface area contributed by atoms with Gasteiger partial charge in [-0.1, -0.05) is 0 Å². The van der Waals surface area contributed by atoms with Gasteiger partial charge in [0.1, 0.15) is 6.10 Å². The van der Waals surface area contributed by atoms with Crippen LogP contribution < -0.4 is 0 Å². The fraction of sp³-hybridized carbons (Fsp3) is 0.778. The highest BCUT2D eigenvalue weighted by Gasteiger charge is 2.54. The molecule has 11 heavy (non-hydrogen) atoms. The van der Waals surface area contributed by atoms with Gasteiger partial charge in [0.15, 0.2) is 5.88 Å². The Balaban J connectivity index is 2.19. The van der Waals surface area contributed by atoms with Crippen LogP contribution in [0.1, 0.15) is 27.2 Å². The molecule has 2 rings (SSSR count). The fourth-order valence-electron chi connectivity index (χ4n) is 1.85. The maximum Gasteiger partial charge on any atom is 0.183 e. The molecule has 1 heterocycles. The zero-order chi connectivity index (χ0) is 8.22. The number of rotatable bonds is 0. The lowest BCUT2D eigenvalue weighted by Crippen LogP contribution is -2.39. The molecule has 0 spiro atoms. The quantitative estimate of drug-likeness (QED) is 0.525. The summed E-state index contributed by atoms with van der Waals surface area (Å²) in [6, 6.07) is 0.627. The van der Waals surface area contributed by atoms with Crippen molar-refractivity contribution < 1.29 is 4.74 Å². The Kier molecular flexibility index (Phi) is 1.11. The second kappa shape index (κ2) is 1.74. The molecule has 2 aliphatic rings. The van der Waals surface area contributed by atoms with Crippen LogP contribution in [0.2, 0.25) is 0 Å². The zero-order valence-electron chi connectivity index (χ0n) is 7.42. The van der Waals surface area contributed by atoms with Gasteiger partial charge in [0, 0.05) is 12.0 Å². The van der Waals surface area contributed by atoms with Gasteiger partial charge in [0.25, 0.3) is 0 Å². The average Bonchev–Trinajstić information content (AvgIpc) is 2.38. The molecule has 2 fully saturated rings. The molecule has 0 aromatic rings. The van der Waals surface area contributed by atoms with Gasteiger partial charge in [-0.05, 0) is 27.4 Å². The third kappa shape index (κ3) is 0.924. The molecule has 0 aromatic carbocycles. The zero-order valence-corrected chi connectivity index (χ0v) is 7.42. The molecular formula is C9H15NO. The van der Waals surface area contributed by atoms with Crippen LogP contribution >= 0.6 is 0 Å². The number of fused-ring (bicyclic) bond motifs is 1. The van der Waals surface area contributed by atoms with Crippen LogP contribution in [0.5, 0.6) is 0 Å². The molecule has 2 heteroatoms. The number of nitrogens with zero attached hydrogens (tertiary/aromatic N) is 1. The first-order valence-electron chi connectivity index (χ1n) is 4.15. The molecule has 0 N–H and O–H groups in total. The van der Waals surface area contributed by atoms with Gasteiger partial charge in [-0.25, -0.2) is 0 Å². The Labute approximate surface area is 67.8 Å². The fourth-order valence-corrected chi connectivity index (χ4v) is 1.85. The highest BCUT2D eigenvalue weighted by atomic mass is 16.5. The first-order valence-corrected chi connectivity index (χ1v) is 4.15. The van der Waals surface area contributed by atoms with E-state index in [-0.39, 0.29) is 5.54 Å². The van der Waals surface area contributed by atoms with Crippen molar-refractivity contribution in [3.05, 3.63) is 12.5 Å². The van der Waals surface area contributed by atoms with Crippen molar-refractivity contribution in [2.24, 2.45) is 0 Å². The topological polar surface area (TPSA) is 12.5 Å². The Hall–Kier alpha value is -0.660. The standard InChI is InChI=1S/C9H15NO/c1-6-10(9(2,3)4)7-5-8(7)11-6/h7-8H,1,5H2,2-4H3. The Morgan fingerprint density at radius 3 is 2.45 bits per heavy atom. The molecular weight excluding hydrogens is 138 g/mol. The molecule has 0 amide bonds. The van der Waals surface area contributed by atoms with E-state index in [4.69, 9.17) is 4.74 Å². The molecule has 0 aromatic heterocycles. The second-order valence-corrected chi connectivity index (χ2v) is 4.39. The average molecular weight is 153 g/mol. The molecule has 0 radical (unpaired) electrons. The third-order valence-electron chi connectivity index (χ3n) is 2.31. The summed E-state index contributed by atoms with van der Waals surface area (Å²) in [5.74, 6) is 0.860. The summed E-state index contributed by atoms with van der Waals surface area (Å²) < 4.78 is 5.51. The van der Waals surface area contributed by atoms with E-state index in [1.165, 1.54) is 6.42 Å². The number of hydrogen-bond donors (Lipinski definition) is 0. The lowest BCUT2D eigenvalue weighted by Gasteiger charge is -2.34. The van der Waals surface area contributed by atoms with E-state index < -0.39 is 0 Å². The Bertz CT molecular complexity index is 204. The largest absolute Gasteiger partial charge is 0.474 e. The van der Waals surface area contributed by atoms with Crippen molar-refractivity contribution in [1.82, 2.24) is 4.90 Å². The van der Waals surface area contributed by atoms with E-state index in [1.54, 1.807) is 0 Å². The van der Waals surface area contributed by atoms with E-state index >= 15 is 0 Å². The lowest BCUT2D eigenvalue weighted by molar-refractivity contribution is 0.119. The van der Waals surface area contributed by atoms with Crippen molar-refractivity contribution in [1.29, 1.82) is 0 Å². The summed E-state index contributed by atoms with van der Waals surface area (Å²) in [5, 5.41) is 0. The molecule has 1 saturated carbocycles. The van der Waals surface area contributed by atoms with Gasteiger partial charge in [-0.2, -0.15) is 0 Å². The molecule has 2 unspecified atom stereocenters. The van der Waals surface area contributed by atoms with Crippen LogP contribution in [0.3, 0.4) is 0 Å². The van der Waals surface area contributed by atoms with E-state index in [9.17, 15) is 0 Å². The minimum atomic E-state index is 0.174. The predicted octanol–water partition coefficient (Wildman–Crippen LogP) is 1.73. The van der Waals surface area contributed by atoms with Crippen LogP contribution in [-0.4, -0.2) is 22.6 Å². The first kappa shape index (κ1) is 7.01. The van der Waals surface area contributed by atoms with Crippen LogP contribution in [0.4, 0.5) is 0 Å². The van der Waals surface area contributed by atoms with Gasteiger partial charge in [-0.15, -0.1) is 0 Å². The summed E-state index contributed by atoms with van der Waals surface area (Å²) in [6.45, 7) is 10.5. The van der Waals surface area contributed by atoms with Crippen molar-refractivity contribution in [2.75, 3.05) is 0 Å². The summed E-state index contributed by atoms with van der Waals surface area (Å²) in [4.78, 5) is 2.29. The Morgan fingerprint density at radius 2 is 2.18 bits per heavy atom. The minimum Gasteiger partial charge on any atom is -0.474 e. The molecule has 0 bridgehead atoms. The predicted molar refractivity (Wildman–Crippen MR) is 44.0 cm³/mol. The van der Waals surface area contributed by atoms with E-state index in [2.05, 4.69) is 32.3 Å². The number of hydrogen-bond acceptors (Lipinski definition) is 2. The van der Waals surface area contributed by atoms with Crippen molar-refractivity contribution in [3.8, 4) is 0 Å². The summed E-state index contributed by atoms with van der Waals surface area (Å²) in [7, 11) is 0. The second-order valence-electron chi connectivity index (χ2n) is 4.39. The van der Waals surface area contributed by atoms with E-state index in [0.717, 1.165) is 5.88 Å². The first-order chi connectivity index (χ1) is 5.00. The summed E-state index contributed by atoms with van der Waals surface area (Å²) in [5.41, 5.74) is 0.174. The van der Waals surface area contributed by atoms with E-state index in [1.807, 2.05) is 0 Å². The van der Waals surface area contributed by atoms with Crippen LogP contribution in [0.25, 0.3) is 0 Å². The smallest absolute Gasteiger partial charge is 0.183 e. The van der Waals surface area contributed by atoms with Gasteiger partial charge in [-0.3, -0.25) is 0 Å². The van der Waals surface area contributed by atoms with Crippen LogP contribution in [0.15, 0.2) is 12.5 Å². The Morgan fingerprint density at radius 1 is 1.55 bits per heavy atom. The highest BCUT2D eigenvalue weighted by molar-refractivity contribution is 5.14. The van der Waals surface area contributed by atoms with E-state index in [0.29, 0.717) is 12.1 Å². The highest BCUT2D eigenvalue weighted by Crippen LogP contribution is 2.45. The molecule has 1 saturated heterocycles. The van der Waals surface area contributed by atoms with Crippen LogP contribution in [-0.2, 0) is 4.74 Å². The molecule has 2 nitrogen and oxygen atoms in total. The van der Waals surface area contributed by atoms with Gasteiger partial charge >= 0.3 is 0 Å². The van der Waals surface area contributed by atoms with Crippen molar-refractivity contribution >= 4 is 0 Å². The van der Waals surface area contributed by atoms with Gasteiger partial charge in [0.2, 0.25) is 0 Å². The summed E-state index contributed by atoms with van der Waals surface area (Å²) >= 11 is 0. The molecule has 2 atom stereocenters. The van der Waals surface area contributed by atoms with Gasteiger partial charge in [0.05, 0.1) is 6.04 Å².